The fraction of sp³-hybridized carbons (Fsp3) is 0.370. The van der Waals surface area contributed by atoms with Gasteiger partial charge in [-0.15, -0.1) is 0 Å². The standard InChI is InChI=1S/C27H33F3N7O6P/c1-17-9-10-26(44(40,41)42,21(14-17)43-3)36-22-8-7-19(27(28,29)30)24(35-22)34-20-6-4-11-37(12-5-13-38,18-15-32-33-16-18)23(20)25(39)31-2/h4,6-9,14-16,38H,5,10-13H2,1-3H3,(H5-,31,32,33,34,35,36,39,40,41,42). The normalized spacial score (nSPS) is 23.4. The average Bonchev–Trinajstić information content (AvgIpc) is 3.51. The van der Waals surface area contributed by atoms with Gasteiger partial charge in [0.05, 0.1) is 25.4 Å². The first-order valence-corrected chi connectivity index (χ1v) is 15.0. The molecule has 0 fully saturated rings. The van der Waals surface area contributed by atoms with Gasteiger partial charge in [0.25, 0.3) is 0 Å². The van der Waals surface area contributed by atoms with Gasteiger partial charge in [-0.2, -0.15) is 18.3 Å². The van der Waals surface area contributed by atoms with Crippen molar-refractivity contribution in [3.63, 3.8) is 0 Å². The van der Waals surface area contributed by atoms with Crippen molar-refractivity contribution in [1.82, 2.24) is 25.0 Å². The quantitative estimate of drug-likeness (QED) is 0.158. The molecule has 1 aliphatic heterocycles. The number of carbonyl (C=O) groups excluding carboxylic acids is 1. The summed E-state index contributed by atoms with van der Waals surface area (Å²) in [5.41, 5.74) is -0.0198. The number of aliphatic hydroxyl groups excluding tert-OH is 1. The summed E-state index contributed by atoms with van der Waals surface area (Å²) >= 11 is 0. The number of hydrogen-bond donors (Lipinski definition) is 6. The van der Waals surface area contributed by atoms with Crippen molar-refractivity contribution in [2.45, 2.75) is 31.2 Å². The van der Waals surface area contributed by atoms with Gasteiger partial charge in [0.1, 0.15) is 35.8 Å². The van der Waals surface area contributed by atoms with Gasteiger partial charge in [-0.3, -0.25) is 9.89 Å². The van der Waals surface area contributed by atoms with Crippen LogP contribution in [0.2, 0.25) is 0 Å². The fourth-order valence-electron chi connectivity index (χ4n) is 5.32. The minimum Gasteiger partial charge on any atom is -0.777 e. The van der Waals surface area contributed by atoms with Crippen LogP contribution in [0.3, 0.4) is 0 Å². The zero-order valence-corrected chi connectivity index (χ0v) is 25.0. The summed E-state index contributed by atoms with van der Waals surface area (Å²) in [6, 6.07) is 1.64. The third-order valence-corrected chi connectivity index (χ3v) is 8.96. The first kappa shape index (κ1) is 33.0. The highest BCUT2D eigenvalue weighted by Crippen LogP contribution is 2.55. The van der Waals surface area contributed by atoms with E-state index >= 15 is 0 Å². The van der Waals surface area contributed by atoms with Gasteiger partial charge >= 0.3 is 12.1 Å². The number of aromatic nitrogens is 3. The second-order valence-electron chi connectivity index (χ2n) is 10.2. The lowest BCUT2D eigenvalue weighted by molar-refractivity contribution is -0.199. The molecular weight excluding hydrogens is 606 g/mol. The number of methoxy groups -OCH3 is 1. The molecule has 0 bridgehead atoms. The van der Waals surface area contributed by atoms with Crippen molar-refractivity contribution in [2.75, 3.05) is 44.5 Å². The van der Waals surface area contributed by atoms with Crippen LogP contribution in [-0.4, -0.2) is 70.2 Å². The van der Waals surface area contributed by atoms with Gasteiger partial charge in [0.15, 0.2) is 18.6 Å². The molecule has 1 aliphatic carbocycles. The van der Waals surface area contributed by atoms with Crippen molar-refractivity contribution >= 4 is 30.8 Å². The number of quaternary nitrogens is 1. The molecule has 13 nitrogen and oxygen atoms in total. The topological polar surface area (TPSA) is 185 Å². The summed E-state index contributed by atoms with van der Waals surface area (Å²) in [6.07, 6.45) is 4.10. The maximum atomic E-state index is 14.3. The molecule has 3 unspecified atom stereocenters. The lowest BCUT2D eigenvalue weighted by atomic mass is 10.0. The molecule has 2 aromatic rings. The maximum Gasteiger partial charge on any atom is 0.419 e. The van der Waals surface area contributed by atoms with Crippen molar-refractivity contribution in [2.24, 2.45) is 0 Å². The largest absolute Gasteiger partial charge is 0.777 e. The molecule has 0 saturated carbocycles. The van der Waals surface area contributed by atoms with Crippen LogP contribution >= 0.6 is 7.60 Å². The van der Waals surface area contributed by atoms with Crippen molar-refractivity contribution < 1.29 is 42.2 Å². The summed E-state index contributed by atoms with van der Waals surface area (Å²) in [5, 5.41) is 21.8. The van der Waals surface area contributed by atoms with E-state index in [0.29, 0.717) is 17.3 Å². The SMILES string of the molecule is CNC(=O)C1=C(Nc2nc(NC3(P(=O)([O-])O)CC=C(C)C=C3OC)ccc2C(F)(F)F)C=CC[N+]1(CCCO)c1cn[nH]c1. The molecular formula is C27H33F3N7O6P. The Labute approximate surface area is 251 Å². The number of ether oxygens (including phenoxy) is 1. The number of anilines is 2. The average molecular weight is 640 g/mol. The minimum absolute atomic E-state index is 0.0232. The van der Waals surface area contributed by atoms with E-state index < -0.39 is 36.3 Å². The van der Waals surface area contributed by atoms with Gasteiger partial charge in [0.2, 0.25) is 5.70 Å². The van der Waals surface area contributed by atoms with E-state index in [0.717, 1.165) is 6.07 Å². The Morgan fingerprint density at radius 1 is 1.34 bits per heavy atom. The van der Waals surface area contributed by atoms with Crippen molar-refractivity contribution in [3.05, 3.63) is 77.1 Å². The third-order valence-electron chi connectivity index (χ3n) is 7.48. The number of likely N-dealkylation sites (N-methyl/N-ethyl adjacent to an activating group) is 1. The van der Waals surface area contributed by atoms with Gasteiger partial charge in [0, 0.05) is 26.5 Å². The first-order valence-electron chi connectivity index (χ1n) is 13.4. The summed E-state index contributed by atoms with van der Waals surface area (Å²) in [7, 11) is -2.72. The van der Waals surface area contributed by atoms with E-state index in [1.54, 1.807) is 19.2 Å². The Balaban J connectivity index is 1.88. The zero-order valence-electron chi connectivity index (χ0n) is 24.1. The number of amides is 1. The van der Waals surface area contributed by atoms with Crippen LogP contribution in [0.25, 0.3) is 0 Å². The maximum absolute atomic E-state index is 14.3. The molecule has 3 atom stereocenters. The smallest absolute Gasteiger partial charge is 0.419 e. The number of rotatable bonds is 11. The minimum atomic E-state index is -5.30. The number of nitrogens with one attached hydrogen (secondary N) is 4. The van der Waals surface area contributed by atoms with Crippen molar-refractivity contribution in [1.29, 1.82) is 0 Å². The van der Waals surface area contributed by atoms with E-state index in [1.807, 2.05) is 0 Å². The van der Waals surface area contributed by atoms with E-state index in [9.17, 15) is 37.4 Å². The number of allylic oxidation sites excluding steroid dienone is 3. The van der Waals surface area contributed by atoms with Crippen LogP contribution in [0, 0.1) is 0 Å². The summed E-state index contributed by atoms with van der Waals surface area (Å²) in [5.74, 6) is -1.86. The van der Waals surface area contributed by atoms with Gasteiger partial charge in [-0.1, -0.05) is 11.6 Å². The molecule has 0 aromatic carbocycles. The molecule has 17 heteroatoms. The fourth-order valence-corrected chi connectivity index (χ4v) is 6.34. The second kappa shape index (κ2) is 12.6. The van der Waals surface area contributed by atoms with E-state index in [1.165, 1.54) is 38.6 Å². The van der Waals surface area contributed by atoms with Crippen LogP contribution in [0.4, 0.5) is 30.5 Å². The Kier molecular flexibility index (Phi) is 9.42. The third kappa shape index (κ3) is 6.16. The van der Waals surface area contributed by atoms with E-state index in [2.05, 4.69) is 31.1 Å². The Morgan fingerprint density at radius 2 is 2.09 bits per heavy atom. The number of alkyl halides is 3. The molecule has 4 rings (SSSR count). The highest BCUT2D eigenvalue weighted by molar-refractivity contribution is 7.52. The molecule has 2 aliphatic rings. The number of hydrogen-bond acceptors (Lipinski definition) is 9. The molecule has 238 valence electrons. The van der Waals surface area contributed by atoms with Gasteiger partial charge < -0.3 is 40.1 Å². The molecule has 0 radical (unpaired) electrons. The molecule has 2 aromatic heterocycles. The van der Waals surface area contributed by atoms with Crippen LogP contribution in [0.15, 0.2) is 71.6 Å². The highest BCUT2D eigenvalue weighted by Gasteiger charge is 2.47. The van der Waals surface area contributed by atoms with E-state index in [4.69, 9.17) is 4.74 Å². The summed E-state index contributed by atoms with van der Waals surface area (Å²) < 4.78 is 60.5. The number of aliphatic hydroxyl groups is 1. The van der Waals surface area contributed by atoms with Gasteiger partial charge in [-0.05, 0) is 37.3 Å². The predicted octanol–water partition coefficient (Wildman–Crippen LogP) is 2.69. The highest BCUT2D eigenvalue weighted by atomic mass is 31.2. The second-order valence-corrected chi connectivity index (χ2v) is 12.0. The van der Waals surface area contributed by atoms with Crippen LogP contribution in [-0.2, 0) is 20.3 Å². The molecule has 0 saturated heterocycles. The molecule has 1 amide bonds. The van der Waals surface area contributed by atoms with Crippen LogP contribution < -0.4 is 25.3 Å². The summed E-state index contributed by atoms with van der Waals surface area (Å²) in [4.78, 5) is 40.4. The van der Waals surface area contributed by atoms with Crippen molar-refractivity contribution in [3.8, 4) is 0 Å². The summed E-state index contributed by atoms with van der Waals surface area (Å²) in [6.45, 7) is 1.91. The number of pyridine rings is 1. The first-order chi connectivity index (χ1) is 20.7. The predicted molar refractivity (Wildman–Crippen MR) is 155 cm³/mol. The monoisotopic (exact) mass is 639 g/mol. The Hall–Kier alpha value is -3.95. The van der Waals surface area contributed by atoms with E-state index in [-0.39, 0.29) is 60.0 Å². The number of halogens is 3. The van der Waals surface area contributed by atoms with Gasteiger partial charge in [-0.25, -0.2) is 9.47 Å². The Bertz CT molecular complexity index is 1570. The Morgan fingerprint density at radius 3 is 2.68 bits per heavy atom. The lowest BCUT2D eigenvalue weighted by Crippen LogP contribution is -2.55. The molecule has 0 spiro atoms. The number of nitrogens with zero attached hydrogens (tertiary/aromatic N) is 3. The number of carbonyl (C=O) groups is 1. The number of H-pyrrole nitrogens is 1. The molecule has 44 heavy (non-hydrogen) atoms. The van der Waals surface area contributed by atoms with Crippen LogP contribution in [0.5, 0.6) is 0 Å². The number of aromatic amines is 1. The molecule has 3 heterocycles. The zero-order chi connectivity index (χ0) is 32.3. The van der Waals surface area contributed by atoms with Crippen LogP contribution in [0.1, 0.15) is 25.3 Å². The lowest BCUT2D eigenvalue weighted by Gasteiger charge is -2.43. The molecule has 6 N–H and O–H groups in total.